The second-order valence-corrected chi connectivity index (χ2v) is 4.36. The number of para-hydroxylation sites is 2. The van der Waals surface area contributed by atoms with E-state index < -0.39 is 0 Å². The molecule has 0 radical (unpaired) electrons. The molecule has 0 N–H and O–H groups in total. The van der Waals surface area contributed by atoms with Gasteiger partial charge in [-0.25, -0.2) is 10.0 Å². The minimum absolute atomic E-state index is 0.0466. The third-order valence-corrected chi connectivity index (χ3v) is 3.12. The maximum atomic E-state index is 11.8. The zero-order chi connectivity index (χ0) is 12.4. The third kappa shape index (κ3) is 2.09. The molecule has 0 atom stereocenters. The van der Waals surface area contributed by atoms with E-state index in [1.54, 1.807) is 6.33 Å². The van der Waals surface area contributed by atoms with E-state index in [0.717, 1.165) is 17.5 Å². The standard InChI is InChI=1S/C13H15N3O2/c17-13(16-7-3-9-18-16)6-8-15-10-14-11-4-1-2-5-12(11)15/h1-2,4-5,10H,3,6-9H2. The van der Waals surface area contributed by atoms with Gasteiger partial charge in [-0.1, -0.05) is 12.1 Å². The van der Waals surface area contributed by atoms with Crippen LogP contribution in [0.2, 0.25) is 0 Å². The molecule has 1 aromatic heterocycles. The zero-order valence-corrected chi connectivity index (χ0v) is 10.1. The van der Waals surface area contributed by atoms with Crippen molar-refractivity contribution in [2.75, 3.05) is 13.2 Å². The van der Waals surface area contributed by atoms with Crippen molar-refractivity contribution in [3.63, 3.8) is 0 Å². The summed E-state index contributed by atoms with van der Waals surface area (Å²) in [4.78, 5) is 21.4. The van der Waals surface area contributed by atoms with Gasteiger partial charge in [0, 0.05) is 13.0 Å². The Balaban J connectivity index is 1.67. The van der Waals surface area contributed by atoms with Crippen LogP contribution >= 0.6 is 0 Å². The Morgan fingerprint density at radius 1 is 1.39 bits per heavy atom. The number of hydrogen-bond donors (Lipinski definition) is 0. The van der Waals surface area contributed by atoms with Crippen molar-refractivity contribution in [1.29, 1.82) is 0 Å². The normalized spacial score (nSPS) is 15.4. The summed E-state index contributed by atoms with van der Waals surface area (Å²) >= 11 is 0. The van der Waals surface area contributed by atoms with Crippen molar-refractivity contribution in [2.24, 2.45) is 0 Å². The summed E-state index contributed by atoms with van der Waals surface area (Å²) in [6.07, 6.45) is 3.16. The lowest BCUT2D eigenvalue weighted by atomic mass is 10.3. The van der Waals surface area contributed by atoms with Crippen molar-refractivity contribution in [2.45, 2.75) is 19.4 Å². The summed E-state index contributed by atoms with van der Waals surface area (Å²) in [6, 6.07) is 7.92. The average Bonchev–Trinajstić information content (AvgIpc) is 3.06. The SMILES string of the molecule is O=C(CCn1cnc2ccccc21)N1CCCO1. The first-order valence-electron chi connectivity index (χ1n) is 6.18. The minimum atomic E-state index is 0.0466. The fourth-order valence-corrected chi connectivity index (χ4v) is 2.17. The number of aromatic nitrogens is 2. The monoisotopic (exact) mass is 245 g/mol. The fourth-order valence-electron chi connectivity index (χ4n) is 2.17. The topological polar surface area (TPSA) is 47.4 Å². The van der Waals surface area contributed by atoms with Crippen molar-refractivity contribution in [1.82, 2.24) is 14.6 Å². The Kier molecular flexibility index (Phi) is 2.98. The zero-order valence-electron chi connectivity index (χ0n) is 10.1. The maximum absolute atomic E-state index is 11.8. The molecule has 0 unspecified atom stereocenters. The van der Waals surface area contributed by atoms with Crippen LogP contribution in [0.4, 0.5) is 0 Å². The summed E-state index contributed by atoms with van der Waals surface area (Å²) in [5.41, 5.74) is 2.02. The third-order valence-electron chi connectivity index (χ3n) is 3.12. The molecule has 0 bridgehead atoms. The number of hydrogen-bond acceptors (Lipinski definition) is 3. The molecular weight excluding hydrogens is 230 g/mol. The molecule has 2 aromatic rings. The van der Waals surface area contributed by atoms with E-state index in [9.17, 15) is 4.79 Å². The van der Waals surface area contributed by atoms with Gasteiger partial charge in [0.2, 0.25) is 5.91 Å². The molecule has 1 fully saturated rings. The largest absolute Gasteiger partial charge is 0.330 e. The average molecular weight is 245 g/mol. The van der Waals surface area contributed by atoms with Gasteiger partial charge in [0.1, 0.15) is 0 Å². The molecule has 5 nitrogen and oxygen atoms in total. The number of benzene rings is 1. The van der Waals surface area contributed by atoms with E-state index in [4.69, 9.17) is 4.84 Å². The lowest BCUT2D eigenvalue weighted by Gasteiger charge is -2.13. The molecule has 1 aromatic carbocycles. The van der Waals surface area contributed by atoms with Crippen molar-refractivity contribution in [3.05, 3.63) is 30.6 Å². The second-order valence-electron chi connectivity index (χ2n) is 4.36. The second kappa shape index (κ2) is 4.78. The first kappa shape index (κ1) is 11.2. The maximum Gasteiger partial charge on any atom is 0.247 e. The Hall–Kier alpha value is -1.88. The highest BCUT2D eigenvalue weighted by Crippen LogP contribution is 2.13. The van der Waals surface area contributed by atoms with E-state index in [1.807, 2.05) is 28.8 Å². The molecule has 1 aliphatic rings. The smallest absolute Gasteiger partial charge is 0.247 e. The van der Waals surface area contributed by atoms with Gasteiger partial charge in [-0.3, -0.25) is 9.63 Å². The summed E-state index contributed by atoms with van der Waals surface area (Å²) in [5.74, 6) is 0.0466. The summed E-state index contributed by atoms with van der Waals surface area (Å²) in [5, 5.41) is 1.47. The van der Waals surface area contributed by atoms with Crippen LogP contribution in [0.3, 0.4) is 0 Å². The van der Waals surface area contributed by atoms with Crippen LogP contribution in [0.1, 0.15) is 12.8 Å². The number of rotatable bonds is 3. The molecule has 1 aliphatic heterocycles. The number of hydroxylamine groups is 2. The highest BCUT2D eigenvalue weighted by atomic mass is 16.7. The number of imidazole rings is 1. The molecule has 1 amide bonds. The van der Waals surface area contributed by atoms with Crippen molar-refractivity contribution in [3.8, 4) is 0 Å². The van der Waals surface area contributed by atoms with Gasteiger partial charge in [-0.05, 0) is 18.6 Å². The van der Waals surface area contributed by atoms with Crippen molar-refractivity contribution >= 4 is 16.9 Å². The van der Waals surface area contributed by atoms with Crippen LogP contribution in [0.25, 0.3) is 11.0 Å². The van der Waals surface area contributed by atoms with Crippen LogP contribution in [-0.4, -0.2) is 33.7 Å². The molecular formula is C13H15N3O2. The van der Waals surface area contributed by atoms with Crippen LogP contribution in [0.15, 0.2) is 30.6 Å². The molecule has 94 valence electrons. The molecule has 3 rings (SSSR count). The Labute approximate surface area is 105 Å². The summed E-state index contributed by atoms with van der Waals surface area (Å²) in [6.45, 7) is 2.00. The van der Waals surface area contributed by atoms with Gasteiger partial charge in [0.05, 0.1) is 30.5 Å². The number of carbonyl (C=O) groups is 1. The van der Waals surface area contributed by atoms with Crippen LogP contribution in [0.5, 0.6) is 0 Å². The first-order valence-corrected chi connectivity index (χ1v) is 6.18. The molecule has 2 heterocycles. The van der Waals surface area contributed by atoms with Gasteiger partial charge in [0.25, 0.3) is 0 Å². The predicted octanol–water partition coefficient (Wildman–Crippen LogP) is 1.59. The quantitative estimate of drug-likeness (QED) is 0.825. The molecule has 0 spiro atoms. The molecule has 0 aliphatic carbocycles. The number of nitrogens with zero attached hydrogens (tertiary/aromatic N) is 3. The van der Waals surface area contributed by atoms with Gasteiger partial charge in [-0.2, -0.15) is 0 Å². The highest BCUT2D eigenvalue weighted by Gasteiger charge is 2.18. The Morgan fingerprint density at radius 2 is 2.28 bits per heavy atom. The molecule has 18 heavy (non-hydrogen) atoms. The predicted molar refractivity (Wildman–Crippen MR) is 66.6 cm³/mol. The summed E-state index contributed by atoms with van der Waals surface area (Å²) in [7, 11) is 0. The number of fused-ring (bicyclic) bond motifs is 1. The van der Waals surface area contributed by atoms with E-state index in [-0.39, 0.29) is 5.91 Å². The lowest BCUT2D eigenvalue weighted by Crippen LogP contribution is -2.27. The molecule has 1 saturated heterocycles. The first-order chi connectivity index (χ1) is 8.84. The minimum Gasteiger partial charge on any atom is -0.330 e. The number of aryl methyl sites for hydroxylation is 1. The summed E-state index contributed by atoms with van der Waals surface area (Å²) < 4.78 is 2.00. The van der Waals surface area contributed by atoms with Gasteiger partial charge in [-0.15, -0.1) is 0 Å². The van der Waals surface area contributed by atoms with Crippen molar-refractivity contribution < 1.29 is 9.63 Å². The van der Waals surface area contributed by atoms with E-state index in [2.05, 4.69) is 4.98 Å². The van der Waals surface area contributed by atoms with E-state index >= 15 is 0 Å². The van der Waals surface area contributed by atoms with Crippen LogP contribution in [0, 0.1) is 0 Å². The van der Waals surface area contributed by atoms with Gasteiger partial charge in [0.15, 0.2) is 0 Å². The van der Waals surface area contributed by atoms with E-state index in [0.29, 0.717) is 26.1 Å². The molecule has 0 saturated carbocycles. The van der Waals surface area contributed by atoms with Gasteiger partial charge < -0.3 is 4.57 Å². The lowest BCUT2D eigenvalue weighted by molar-refractivity contribution is -0.168. The fraction of sp³-hybridized carbons (Fsp3) is 0.385. The van der Waals surface area contributed by atoms with Crippen LogP contribution < -0.4 is 0 Å². The number of amides is 1. The van der Waals surface area contributed by atoms with E-state index in [1.165, 1.54) is 5.06 Å². The molecule has 5 heteroatoms. The van der Waals surface area contributed by atoms with Gasteiger partial charge >= 0.3 is 0 Å². The van der Waals surface area contributed by atoms with Crippen LogP contribution in [-0.2, 0) is 16.2 Å². The Bertz CT molecular complexity index is 558. The number of carbonyl (C=O) groups excluding carboxylic acids is 1. The Morgan fingerprint density at radius 3 is 3.11 bits per heavy atom. The highest BCUT2D eigenvalue weighted by molar-refractivity contribution is 5.77.